The van der Waals surface area contributed by atoms with Crippen LogP contribution in [0.15, 0.2) is 24.3 Å². The van der Waals surface area contributed by atoms with Crippen molar-refractivity contribution in [2.45, 2.75) is 33.2 Å². The average molecular weight is 278 g/mol. The molecule has 0 radical (unpaired) electrons. The molecule has 1 unspecified atom stereocenters. The molecule has 0 bridgehead atoms. The number of amides is 1. The molecule has 112 valence electrons. The van der Waals surface area contributed by atoms with Gasteiger partial charge in [0.15, 0.2) is 0 Å². The van der Waals surface area contributed by atoms with Crippen LogP contribution in [0.1, 0.15) is 38.8 Å². The molecule has 2 atom stereocenters. The second kappa shape index (κ2) is 7.90. The van der Waals surface area contributed by atoms with Crippen molar-refractivity contribution in [3.05, 3.63) is 29.8 Å². The number of carbonyl (C=O) groups is 1. The summed E-state index contributed by atoms with van der Waals surface area (Å²) in [5.74, 6) is 1.19. The van der Waals surface area contributed by atoms with Crippen LogP contribution in [-0.2, 0) is 4.79 Å². The SMILES string of the molecule is COc1ccc([C@H](C)NC(=O)C(CN)CC(C)C)cc1. The Bertz CT molecular complexity index is 415. The third kappa shape index (κ3) is 4.85. The first-order chi connectivity index (χ1) is 9.47. The highest BCUT2D eigenvalue weighted by Gasteiger charge is 2.20. The van der Waals surface area contributed by atoms with Gasteiger partial charge < -0.3 is 15.8 Å². The van der Waals surface area contributed by atoms with Gasteiger partial charge in [-0.15, -0.1) is 0 Å². The van der Waals surface area contributed by atoms with Crippen molar-refractivity contribution >= 4 is 5.91 Å². The van der Waals surface area contributed by atoms with Crippen LogP contribution in [0.4, 0.5) is 0 Å². The molecule has 0 aliphatic rings. The van der Waals surface area contributed by atoms with E-state index in [-0.39, 0.29) is 17.9 Å². The predicted molar refractivity (Wildman–Crippen MR) is 81.6 cm³/mol. The number of nitrogens with one attached hydrogen (secondary N) is 1. The summed E-state index contributed by atoms with van der Waals surface area (Å²) in [7, 11) is 1.64. The first-order valence-corrected chi connectivity index (χ1v) is 7.12. The predicted octanol–water partition coefficient (Wildman–Crippen LogP) is 2.49. The van der Waals surface area contributed by atoms with Crippen molar-refractivity contribution in [1.29, 1.82) is 0 Å². The van der Waals surface area contributed by atoms with Crippen LogP contribution < -0.4 is 15.8 Å². The number of hydrogen-bond donors (Lipinski definition) is 2. The van der Waals surface area contributed by atoms with E-state index < -0.39 is 0 Å². The summed E-state index contributed by atoms with van der Waals surface area (Å²) in [6, 6.07) is 7.68. The average Bonchev–Trinajstić information content (AvgIpc) is 2.44. The number of ether oxygens (including phenoxy) is 1. The molecule has 0 saturated carbocycles. The quantitative estimate of drug-likeness (QED) is 0.805. The van der Waals surface area contributed by atoms with Crippen LogP contribution in [0.5, 0.6) is 5.75 Å². The maximum atomic E-state index is 12.2. The molecule has 4 heteroatoms. The van der Waals surface area contributed by atoms with E-state index in [4.69, 9.17) is 10.5 Å². The molecule has 1 rings (SSSR count). The smallest absolute Gasteiger partial charge is 0.224 e. The topological polar surface area (TPSA) is 64.3 Å². The summed E-state index contributed by atoms with van der Waals surface area (Å²) in [6.07, 6.45) is 0.817. The van der Waals surface area contributed by atoms with Crippen molar-refractivity contribution < 1.29 is 9.53 Å². The van der Waals surface area contributed by atoms with Gasteiger partial charge >= 0.3 is 0 Å². The monoisotopic (exact) mass is 278 g/mol. The molecular weight excluding hydrogens is 252 g/mol. The van der Waals surface area contributed by atoms with Gasteiger partial charge in [0.25, 0.3) is 0 Å². The normalized spacial score (nSPS) is 13.9. The van der Waals surface area contributed by atoms with E-state index in [1.54, 1.807) is 7.11 Å². The maximum absolute atomic E-state index is 12.2. The Morgan fingerprint density at radius 1 is 1.25 bits per heavy atom. The summed E-state index contributed by atoms with van der Waals surface area (Å²) >= 11 is 0. The van der Waals surface area contributed by atoms with E-state index >= 15 is 0 Å². The Labute approximate surface area is 121 Å². The van der Waals surface area contributed by atoms with Crippen LogP contribution >= 0.6 is 0 Å². The molecule has 1 amide bonds. The second-order valence-electron chi connectivity index (χ2n) is 5.57. The fourth-order valence-corrected chi connectivity index (χ4v) is 2.19. The molecule has 0 aromatic heterocycles. The van der Waals surface area contributed by atoms with E-state index in [9.17, 15) is 4.79 Å². The van der Waals surface area contributed by atoms with Crippen LogP contribution in [0.3, 0.4) is 0 Å². The van der Waals surface area contributed by atoms with Crippen molar-refractivity contribution in [3.8, 4) is 5.75 Å². The fourth-order valence-electron chi connectivity index (χ4n) is 2.19. The van der Waals surface area contributed by atoms with Crippen LogP contribution in [-0.4, -0.2) is 19.6 Å². The van der Waals surface area contributed by atoms with Gasteiger partial charge in [-0.25, -0.2) is 0 Å². The summed E-state index contributed by atoms with van der Waals surface area (Å²) in [5, 5.41) is 3.03. The molecular formula is C16H26N2O2. The first-order valence-electron chi connectivity index (χ1n) is 7.12. The Morgan fingerprint density at radius 3 is 2.30 bits per heavy atom. The zero-order valence-electron chi connectivity index (χ0n) is 12.8. The summed E-state index contributed by atoms with van der Waals surface area (Å²) in [6.45, 7) is 6.56. The largest absolute Gasteiger partial charge is 0.497 e. The van der Waals surface area contributed by atoms with Gasteiger partial charge in [0.1, 0.15) is 5.75 Å². The number of benzene rings is 1. The first kappa shape index (κ1) is 16.5. The molecule has 0 fully saturated rings. The van der Waals surface area contributed by atoms with Gasteiger partial charge in [0, 0.05) is 6.54 Å². The van der Waals surface area contributed by atoms with Gasteiger partial charge in [-0.2, -0.15) is 0 Å². The molecule has 1 aromatic rings. The Balaban J connectivity index is 2.63. The molecule has 1 aromatic carbocycles. The zero-order valence-corrected chi connectivity index (χ0v) is 12.8. The van der Waals surface area contributed by atoms with E-state index in [2.05, 4.69) is 19.2 Å². The highest BCUT2D eigenvalue weighted by molar-refractivity contribution is 5.79. The van der Waals surface area contributed by atoms with Gasteiger partial charge in [0.05, 0.1) is 19.1 Å². The van der Waals surface area contributed by atoms with Crippen molar-refractivity contribution in [3.63, 3.8) is 0 Å². The maximum Gasteiger partial charge on any atom is 0.224 e. The number of hydrogen-bond acceptors (Lipinski definition) is 3. The van der Waals surface area contributed by atoms with Crippen LogP contribution in [0, 0.1) is 11.8 Å². The van der Waals surface area contributed by atoms with E-state index in [1.807, 2.05) is 31.2 Å². The molecule has 0 saturated heterocycles. The standard InChI is InChI=1S/C16H26N2O2/c1-11(2)9-14(10-17)16(19)18-12(3)13-5-7-15(20-4)8-6-13/h5-8,11-12,14H,9-10,17H2,1-4H3,(H,18,19)/t12-,14?/m0/s1. The van der Waals surface area contributed by atoms with Crippen LogP contribution in [0.25, 0.3) is 0 Å². The number of methoxy groups -OCH3 is 1. The van der Waals surface area contributed by atoms with Gasteiger partial charge in [0.2, 0.25) is 5.91 Å². The van der Waals surface area contributed by atoms with Gasteiger partial charge in [-0.1, -0.05) is 26.0 Å². The van der Waals surface area contributed by atoms with Crippen molar-refractivity contribution in [1.82, 2.24) is 5.32 Å². The highest BCUT2D eigenvalue weighted by Crippen LogP contribution is 2.18. The Morgan fingerprint density at radius 2 is 1.85 bits per heavy atom. The lowest BCUT2D eigenvalue weighted by Crippen LogP contribution is -2.37. The van der Waals surface area contributed by atoms with Crippen molar-refractivity contribution in [2.75, 3.05) is 13.7 Å². The Hall–Kier alpha value is -1.55. The molecule has 0 aliphatic carbocycles. The van der Waals surface area contributed by atoms with E-state index in [0.29, 0.717) is 12.5 Å². The lowest BCUT2D eigenvalue weighted by atomic mass is 9.96. The minimum atomic E-state index is -0.115. The number of nitrogens with two attached hydrogens (primary N) is 1. The molecule has 0 heterocycles. The minimum Gasteiger partial charge on any atom is -0.497 e. The summed E-state index contributed by atoms with van der Waals surface area (Å²) in [5.41, 5.74) is 6.75. The van der Waals surface area contributed by atoms with E-state index in [0.717, 1.165) is 17.7 Å². The number of carbonyl (C=O) groups excluding carboxylic acids is 1. The minimum absolute atomic E-state index is 0.0320. The molecule has 4 nitrogen and oxygen atoms in total. The Kier molecular flexibility index (Phi) is 6.52. The molecule has 20 heavy (non-hydrogen) atoms. The third-order valence-electron chi connectivity index (χ3n) is 3.39. The second-order valence-corrected chi connectivity index (χ2v) is 5.57. The zero-order chi connectivity index (χ0) is 15.1. The van der Waals surface area contributed by atoms with Crippen molar-refractivity contribution in [2.24, 2.45) is 17.6 Å². The third-order valence-corrected chi connectivity index (χ3v) is 3.39. The summed E-state index contributed by atoms with van der Waals surface area (Å²) in [4.78, 5) is 12.2. The van der Waals surface area contributed by atoms with Gasteiger partial charge in [-0.3, -0.25) is 4.79 Å². The lowest BCUT2D eigenvalue weighted by molar-refractivity contribution is -0.125. The molecule has 0 spiro atoms. The van der Waals surface area contributed by atoms with Gasteiger partial charge in [-0.05, 0) is 37.0 Å². The lowest BCUT2D eigenvalue weighted by Gasteiger charge is -2.21. The number of rotatable bonds is 7. The van der Waals surface area contributed by atoms with E-state index in [1.165, 1.54) is 0 Å². The molecule has 3 N–H and O–H groups in total. The summed E-state index contributed by atoms with van der Waals surface area (Å²) < 4.78 is 5.13. The fraction of sp³-hybridized carbons (Fsp3) is 0.562. The van der Waals surface area contributed by atoms with Crippen LogP contribution in [0.2, 0.25) is 0 Å². The molecule has 0 aliphatic heterocycles. The highest BCUT2D eigenvalue weighted by atomic mass is 16.5.